The summed E-state index contributed by atoms with van der Waals surface area (Å²) in [5.41, 5.74) is 2.97. The minimum Gasteiger partial charge on any atom is -0.492 e. The highest BCUT2D eigenvalue weighted by Crippen LogP contribution is 2.25. The van der Waals surface area contributed by atoms with Gasteiger partial charge in [0.25, 0.3) is 5.91 Å². The first-order valence-electron chi connectivity index (χ1n) is 12.8. The normalized spacial score (nSPS) is 18.6. The van der Waals surface area contributed by atoms with Crippen LogP contribution in [-0.2, 0) is 11.2 Å². The van der Waals surface area contributed by atoms with Gasteiger partial charge in [-0.25, -0.2) is 0 Å². The first kappa shape index (κ1) is 23.3. The smallest absolute Gasteiger partial charge is 0.253 e. The summed E-state index contributed by atoms with van der Waals surface area (Å²) < 4.78 is 5.86. The van der Waals surface area contributed by atoms with Crippen LogP contribution in [0.25, 0.3) is 10.9 Å². The number of hydrogen-bond acceptors (Lipinski definition) is 4. The third-order valence-corrected chi connectivity index (χ3v) is 7.19. The number of ether oxygens (including phenoxy) is 1. The topological polar surface area (TPSA) is 62.7 Å². The molecule has 1 atom stereocenters. The third-order valence-electron chi connectivity index (χ3n) is 7.19. The lowest BCUT2D eigenvalue weighted by Crippen LogP contribution is -2.32. The number of amides is 2. The van der Waals surface area contributed by atoms with Crippen molar-refractivity contribution in [2.75, 3.05) is 32.8 Å². The molecule has 5 rings (SSSR count). The summed E-state index contributed by atoms with van der Waals surface area (Å²) in [7, 11) is 0. The maximum Gasteiger partial charge on any atom is 0.253 e. The number of fused-ring (bicyclic) bond motifs is 1. The van der Waals surface area contributed by atoms with Crippen molar-refractivity contribution in [2.45, 2.75) is 38.5 Å². The highest BCUT2D eigenvalue weighted by Gasteiger charge is 2.23. The Bertz CT molecular complexity index is 1190. The van der Waals surface area contributed by atoms with Gasteiger partial charge in [0.1, 0.15) is 12.4 Å². The molecule has 0 N–H and O–H groups in total. The molecule has 6 nitrogen and oxygen atoms in total. The summed E-state index contributed by atoms with van der Waals surface area (Å²) in [6.45, 7) is 3.41. The Balaban J connectivity index is 1.15. The van der Waals surface area contributed by atoms with E-state index in [0.29, 0.717) is 36.8 Å². The second-order valence-electron chi connectivity index (χ2n) is 9.69. The maximum absolute atomic E-state index is 13.2. The fourth-order valence-electron chi connectivity index (χ4n) is 5.25. The molecule has 2 aliphatic heterocycles. The van der Waals surface area contributed by atoms with Crippen molar-refractivity contribution in [1.82, 2.24) is 14.8 Å². The van der Waals surface area contributed by atoms with Crippen molar-refractivity contribution in [3.8, 4) is 5.75 Å². The first-order chi connectivity index (χ1) is 17.2. The van der Waals surface area contributed by atoms with Crippen LogP contribution in [-0.4, -0.2) is 59.4 Å². The van der Waals surface area contributed by atoms with Crippen LogP contribution in [0.5, 0.6) is 5.75 Å². The Labute approximate surface area is 206 Å². The van der Waals surface area contributed by atoms with E-state index in [4.69, 9.17) is 4.74 Å². The zero-order chi connectivity index (χ0) is 24.0. The number of pyridine rings is 1. The molecule has 2 amide bonds. The molecule has 2 fully saturated rings. The number of likely N-dealkylation sites (tertiary alicyclic amines) is 2. The molecule has 0 bridgehead atoms. The molecule has 0 spiro atoms. The van der Waals surface area contributed by atoms with Gasteiger partial charge in [-0.15, -0.1) is 0 Å². The highest BCUT2D eigenvalue weighted by atomic mass is 16.5. The number of aromatic nitrogens is 1. The van der Waals surface area contributed by atoms with Crippen molar-refractivity contribution in [3.05, 3.63) is 71.9 Å². The van der Waals surface area contributed by atoms with E-state index >= 15 is 0 Å². The van der Waals surface area contributed by atoms with E-state index < -0.39 is 0 Å². The summed E-state index contributed by atoms with van der Waals surface area (Å²) in [6.07, 6.45) is 7.70. The van der Waals surface area contributed by atoms with Gasteiger partial charge in [-0.1, -0.05) is 24.3 Å². The molecule has 1 unspecified atom stereocenters. The van der Waals surface area contributed by atoms with Crippen molar-refractivity contribution in [1.29, 1.82) is 0 Å². The van der Waals surface area contributed by atoms with E-state index in [-0.39, 0.29) is 11.8 Å². The standard InChI is InChI=1S/C29H33N3O3/c33-28-11-5-13-31(28)16-17-35-26-9-3-8-25(20-26)29(34)32-14-4-6-22(12-15-32)18-23-19-24-7-1-2-10-27(24)30-21-23/h1-3,7-10,19-22H,4-6,11-18H2. The van der Waals surface area contributed by atoms with Gasteiger partial charge in [0.2, 0.25) is 5.91 Å². The van der Waals surface area contributed by atoms with Gasteiger partial charge < -0.3 is 14.5 Å². The summed E-state index contributed by atoms with van der Waals surface area (Å²) in [6, 6.07) is 17.9. The molecule has 2 saturated heterocycles. The van der Waals surface area contributed by atoms with Crippen molar-refractivity contribution >= 4 is 22.7 Å². The first-order valence-corrected chi connectivity index (χ1v) is 12.8. The molecule has 0 saturated carbocycles. The molecule has 35 heavy (non-hydrogen) atoms. The molecule has 1 aromatic heterocycles. The van der Waals surface area contributed by atoms with Gasteiger partial charge >= 0.3 is 0 Å². The summed E-state index contributed by atoms with van der Waals surface area (Å²) in [5.74, 6) is 1.50. The third kappa shape index (κ3) is 5.81. The lowest BCUT2D eigenvalue weighted by Gasteiger charge is -2.21. The highest BCUT2D eigenvalue weighted by molar-refractivity contribution is 5.94. The summed E-state index contributed by atoms with van der Waals surface area (Å²) in [4.78, 5) is 33.5. The summed E-state index contributed by atoms with van der Waals surface area (Å²) >= 11 is 0. The SMILES string of the molecule is O=C1CCCN1CCOc1cccc(C(=O)N2CCCC(Cc3cnc4ccccc4c3)CC2)c1. The van der Waals surface area contributed by atoms with E-state index in [1.165, 1.54) is 10.9 Å². The quantitative estimate of drug-likeness (QED) is 0.500. The second-order valence-corrected chi connectivity index (χ2v) is 9.69. The van der Waals surface area contributed by atoms with E-state index in [9.17, 15) is 9.59 Å². The van der Waals surface area contributed by atoms with Gasteiger partial charge in [-0.3, -0.25) is 14.6 Å². The minimum absolute atomic E-state index is 0.0678. The zero-order valence-corrected chi connectivity index (χ0v) is 20.2. The van der Waals surface area contributed by atoms with E-state index in [2.05, 4.69) is 23.2 Å². The Morgan fingerprint density at radius 2 is 1.91 bits per heavy atom. The Hall–Kier alpha value is -3.41. The van der Waals surface area contributed by atoms with Crippen LogP contribution in [0.3, 0.4) is 0 Å². The molecule has 3 heterocycles. The number of hydrogen-bond donors (Lipinski definition) is 0. The largest absolute Gasteiger partial charge is 0.492 e. The van der Waals surface area contributed by atoms with Crippen LogP contribution in [0, 0.1) is 5.92 Å². The number of rotatable bonds is 7. The van der Waals surface area contributed by atoms with Gasteiger partial charge in [0, 0.05) is 43.2 Å². The van der Waals surface area contributed by atoms with Crippen molar-refractivity contribution in [3.63, 3.8) is 0 Å². The fraction of sp³-hybridized carbons (Fsp3) is 0.414. The monoisotopic (exact) mass is 471 g/mol. The molecule has 3 aromatic rings. The van der Waals surface area contributed by atoms with Gasteiger partial charge in [0.15, 0.2) is 0 Å². The van der Waals surface area contributed by atoms with Crippen LogP contribution in [0.1, 0.15) is 48.0 Å². The van der Waals surface area contributed by atoms with E-state index in [0.717, 1.165) is 57.3 Å². The molecule has 2 aromatic carbocycles. The molecule has 2 aliphatic rings. The Morgan fingerprint density at radius 3 is 2.80 bits per heavy atom. The molecule has 6 heteroatoms. The van der Waals surface area contributed by atoms with E-state index in [1.807, 2.05) is 52.4 Å². The number of carbonyl (C=O) groups is 2. The van der Waals surface area contributed by atoms with Crippen LogP contribution >= 0.6 is 0 Å². The van der Waals surface area contributed by atoms with Crippen LogP contribution < -0.4 is 4.74 Å². The average molecular weight is 472 g/mol. The predicted octanol–water partition coefficient (Wildman–Crippen LogP) is 4.72. The van der Waals surface area contributed by atoms with Crippen molar-refractivity contribution < 1.29 is 14.3 Å². The molecular formula is C29H33N3O3. The molecule has 182 valence electrons. The van der Waals surface area contributed by atoms with Crippen LogP contribution in [0.4, 0.5) is 0 Å². The average Bonchev–Trinajstić information content (AvgIpc) is 3.15. The molecule has 0 aliphatic carbocycles. The number of carbonyl (C=O) groups excluding carboxylic acids is 2. The van der Waals surface area contributed by atoms with E-state index in [1.54, 1.807) is 0 Å². The van der Waals surface area contributed by atoms with Gasteiger partial charge in [-0.2, -0.15) is 0 Å². The molecule has 0 radical (unpaired) electrons. The van der Waals surface area contributed by atoms with Gasteiger partial charge in [0.05, 0.1) is 12.1 Å². The van der Waals surface area contributed by atoms with Crippen molar-refractivity contribution in [2.24, 2.45) is 5.92 Å². The Morgan fingerprint density at radius 1 is 1.00 bits per heavy atom. The number of nitrogens with zero attached hydrogens (tertiary/aromatic N) is 3. The minimum atomic E-state index is 0.0678. The predicted molar refractivity (Wildman–Crippen MR) is 136 cm³/mol. The maximum atomic E-state index is 13.2. The van der Waals surface area contributed by atoms with Crippen LogP contribution in [0.15, 0.2) is 60.8 Å². The van der Waals surface area contributed by atoms with Gasteiger partial charge in [-0.05, 0) is 73.9 Å². The lowest BCUT2D eigenvalue weighted by molar-refractivity contribution is -0.128. The molecular weight excluding hydrogens is 438 g/mol. The second kappa shape index (κ2) is 10.9. The Kier molecular flexibility index (Phi) is 7.26. The summed E-state index contributed by atoms with van der Waals surface area (Å²) in [5, 5.41) is 1.18. The number of para-hydroxylation sites is 1. The lowest BCUT2D eigenvalue weighted by atomic mass is 9.93. The zero-order valence-electron chi connectivity index (χ0n) is 20.2. The fourth-order valence-corrected chi connectivity index (χ4v) is 5.25. The van der Waals surface area contributed by atoms with Crippen LogP contribution in [0.2, 0.25) is 0 Å². The number of benzene rings is 2.